The zero-order chi connectivity index (χ0) is 19.7. The molecule has 1 aromatic rings. The molecule has 25 heavy (non-hydrogen) atoms. The van der Waals surface area contributed by atoms with E-state index in [-0.39, 0.29) is 23.5 Å². The van der Waals surface area contributed by atoms with Crippen molar-refractivity contribution in [2.45, 2.75) is 52.0 Å². The number of allylic oxidation sites excluding steroid dienone is 1. The van der Waals surface area contributed by atoms with Crippen LogP contribution in [0, 0.1) is 5.92 Å². The Labute approximate surface area is 154 Å². The van der Waals surface area contributed by atoms with Crippen LogP contribution < -0.4 is 10.0 Å². The summed E-state index contributed by atoms with van der Waals surface area (Å²) in [6.07, 6.45) is 2.50. The number of benzene rings is 1. The average molecular weight is 373 g/mol. The lowest BCUT2D eigenvalue weighted by Crippen LogP contribution is -2.41. The van der Waals surface area contributed by atoms with Gasteiger partial charge in [-0.1, -0.05) is 52.0 Å². The van der Waals surface area contributed by atoms with E-state index in [1.54, 1.807) is 43.3 Å². The first-order valence-electron chi connectivity index (χ1n) is 8.99. The molecule has 0 fully saturated rings. The molecular formula is C19H36N2O3S. The Morgan fingerprint density at radius 1 is 1.12 bits per heavy atom. The third-order valence-electron chi connectivity index (χ3n) is 3.05. The predicted molar refractivity (Wildman–Crippen MR) is 107 cm³/mol. The van der Waals surface area contributed by atoms with Crippen LogP contribution in [-0.2, 0) is 10.0 Å². The minimum absolute atomic E-state index is 0.0865. The number of hydrogen-bond acceptors (Lipinski definition) is 4. The Balaban J connectivity index is 0. The summed E-state index contributed by atoms with van der Waals surface area (Å²) in [5.41, 5.74) is 0. The summed E-state index contributed by atoms with van der Waals surface area (Å²) < 4.78 is 26.8. The van der Waals surface area contributed by atoms with Crippen molar-refractivity contribution >= 4 is 10.0 Å². The van der Waals surface area contributed by atoms with E-state index in [9.17, 15) is 8.42 Å². The Morgan fingerprint density at radius 2 is 1.68 bits per heavy atom. The highest BCUT2D eigenvalue weighted by atomic mass is 32.2. The standard InChI is InChI=1S/C15H24N2O3S.2C2H6/c1-3-7-14(12-18)11-16-10-13(2)17-21(19,20)15-8-5-4-6-9-15;2*1-2/h3-6,8-9,13-14,16-18H,1,7,10-12H2,2H3;2*1-2H3. The molecule has 2 unspecified atom stereocenters. The second-order valence-electron chi connectivity index (χ2n) is 5.07. The minimum atomic E-state index is -3.48. The lowest BCUT2D eigenvalue weighted by atomic mass is 10.1. The molecule has 0 saturated carbocycles. The van der Waals surface area contributed by atoms with Crippen molar-refractivity contribution in [3.63, 3.8) is 0 Å². The van der Waals surface area contributed by atoms with Crippen LogP contribution in [0.2, 0.25) is 0 Å². The Kier molecular flexibility index (Phi) is 16.9. The highest BCUT2D eigenvalue weighted by Gasteiger charge is 2.16. The van der Waals surface area contributed by atoms with Gasteiger partial charge in [0, 0.05) is 25.7 Å². The second kappa shape index (κ2) is 16.3. The van der Waals surface area contributed by atoms with E-state index in [2.05, 4.69) is 16.6 Å². The van der Waals surface area contributed by atoms with Crippen LogP contribution in [0.15, 0.2) is 47.9 Å². The Morgan fingerprint density at radius 3 is 2.16 bits per heavy atom. The van der Waals surface area contributed by atoms with E-state index >= 15 is 0 Å². The summed E-state index contributed by atoms with van der Waals surface area (Å²) in [6.45, 7) is 14.7. The molecule has 0 radical (unpaired) electrons. The molecule has 0 spiro atoms. The first-order chi connectivity index (χ1) is 12.0. The highest BCUT2D eigenvalue weighted by molar-refractivity contribution is 7.89. The summed E-state index contributed by atoms with van der Waals surface area (Å²) >= 11 is 0. The number of aliphatic hydroxyl groups is 1. The first kappa shape index (κ1) is 26.0. The van der Waals surface area contributed by atoms with E-state index in [1.807, 2.05) is 27.7 Å². The molecule has 1 rings (SSSR count). The van der Waals surface area contributed by atoms with Crippen LogP contribution in [-0.4, -0.2) is 39.3 Å². The number of sulfonamides is 1. The normalized spacial score (nSPS) is 12.7. The molecule has 146 valence electrons. The quantitative estimate of drug-likeness (QED) is 0.551. The molecule has 0 bridgehead atoms. The number of aliphatic hydroxyl groups excluding tert-OH is 1. The highest BCUT2D eigenvalue weighted by Crippen LogP contribution is 2.07. The fourth-order valence-corrected chi connectivity index (χ4v) is 3.20. The molecule has 0 amide bonds. The molecule has 0 aliphatic carbocycles. The van der Waals surface area contributed by atoms with Gasteiger partial charge in [-0.2, -0.15) is 0 Å². The molecule has 1 aromatic carbocycles. The monoisotopic (exact) mass is 372 g/mol. The topological polar surface area (TPSA) is 78.4 Å². The zero-order valence-corrected chi connectivity index (χ0v) is 17.1. The van der Waals surface area contributed by atoms with Crippen LogP contribution in [0.4, 0.5) is 0 Å². The largest absolute Gasteiger partial charge is 0.396 e. The average Bonchev–Trinajstić information content (AvgIpc) is 2.64. The molecule has 0 heterocycles. The van der Waals surface area contributed by atoms with E-state index < -0.39 is 10.0 Å². The van der Waals surface area contributed by atoms with Crippen LogP contribution >= 0.6 is 0 Å². The van der Waals surface area contributed by atoms with E-state index in [0.29, 0.717) is 13.1 Å². The number of nitrogens with one attached hydrogen (secondary N) is 2. The second-order valence-corrected chi connectivity index (χ2v) is 6.78. The maximum absolute atomic E-state index is 12.1. The van der Waals surface area contributed by atoms with Crippen molar-refractivity contribution < 1.29 is 13.5 Å². The van der Waals surface area contributed by atoms with Crippen LogP contribution in [0.1, 0.15) is 41.0 Å². The molecule has 0 aliphatic rings. The van der Waals surface area contributed by atoms with Gasteiger partial charge < -0.3 is 10.4 Å². The van der Waals surface area contributed by atoms with Crippen molar-refractivity contribution in [3.05, 3.63) is 43.0 Å². The van der Waals surface area contributed by atoms with Crippen molar-refractivity contribution in [2.75, 3.05) is 19.7 Å². The van der Waals surface area contributed by atoms with Gasteiger partial charge in [0.2, 0.25) is 10.0 Å². The molecular weight excluding hydrogens is 336 g/mol. The van der Waals surface area contributed by atoms with Gasteiger partial charge in [-0.05, 0) is 31.4 Å². The fraction of sp³-hybridized carbons (Fsp3) is 0.579. The first-order valence-corrected chi connectivity index (χ1v) is 10.5. The molecule has 3 N–H and O–H groups in total. The number of hydrogen-bond donors (Lipinski definition) is 3. The summed E-state index contributed by atoms with van der Waals surface area (Å²) in [4.78, 5) is 0.261. The summed E-state index contributed by atoms with van der Waals surface area (Å²) in [6, 6.07) is 8.05. The van der Waals surface area contributed by atoms with Gasteiger partial charge in [0.15, 0.2) is 0 Å². The summed E-state index contributed by atoms with van der Waals surface area (Å²) in [7, 11) is -3.48. The van der Waals surface area contributed by atoms with Crippen molar-refractivity contribution in [1.29, 1.82) is 0 Å². The van der Waals surface area contributed by atoms with Crippen molar-refractivity contribution in [3.8, 4) is 0 Å². The van der Waals surface area contributed by atoms with E-state index in [4.69, 9.17) is 5.11 Å². The van der Waals surface area contributed by atoms with Gasteiger partial charge in [-0.3, -0.25) is 0 Å². The van der Waals surface area contributed by atoms with E-state index in [1.165, 1.54) is 0 Å². The summed E-state index contributed by atoms with van der Waals surface area (Å²) in [5.74, 6) is 0.112. The third-order valence-corrected chi connectivity index (χ3v) is 4.66. The van der Waals surface area contributed by atoms with Crippen molar-refractivity contribution in [1.82, 2.24) is 10.0 Å². The maximum atomic E-state index is 12.1. The Bertz CT molecular complexity index is 519. The van der Waals surface area contributed by atoms with Crippen LogP contribution in [0.3, 0.4) is 0 Å². The van der Waals surface area contributed by atoms with Crippen LogP contribution in [0.25, 0.3) is 0 Å². The van der Waals surface area contributed by atoms with Gasteiger partial charge in [-0.15, -0.1) is 6.58 Å². The van der Waals surface area contributed by atoms with Crippen LogP contribution in [0.5, 0.6) is 0 Å². The molecule has 0 aliphatic heterocycles. The Hall–Kier alpha value is -1.21. The molecule has 2 atom stereocenters. The lowest BCUT2D eigenvalue weighted by molar-refractivity contribution is 0.223. The molecule has 6 heteroatoms. The van der Waals surface area contributed by atoms with Gasteiger partial charge in [0.05, 0.1) is 4.90 Å². The maximum Gasteiger partial charge on any atom is 0.240 e. The lowest BCUT2D eigenvalue weighted by Gasteiger charge is -2.17. The predicted octanol–water partition coefficient (Wildman–Crippen LogP) is 3.18. The molecule has 0 saturated heterocycles. The smallest absolute Gasteiger partial charge is 0.240 e. The van der Waals surface area contributed by atoms with Gasteiger partial charge >= 0.3 is 0 Å². The minimum Gasteiger partial charge on any atom is -0.396 e. The summed E-state index contributed by atoms with van der Waals surface area (Å²) in [5, 5.41) is 12.3. The molecule has 0 aromatic heterocycles. The zero-order valence-electron chi connectivity index (χ0n) is 16.3. The number of rotatable bonds is 10. The van der Waals surface area contributed by atoms with Gasteiger partial charge in [0.1, 0.15) is 0 Å². The SMILES string of the molecule is C=CCC(CO)CNCC(C)NS(=O)(=O)c1ccccc1.CC.CC. The third kappa shape index (κ3) is 11.9. The fourth-order valence-electron chi connectivity index (χ4n) is 1.94. The van der Waals surface area contributed by atoms with Gasteiger partial charge in [0.25, 0.3) is 0 Å². The molecule has 5 nitrogen and oxygen atoms in total. The van der Waals surface area contributed by atoms with E-state index in [0.717, 1.165) is 6.42 Å². The van der Waals surface area contributed by atoms with Crippen molar-refractivity contribution in [2.24, 2.45) is 5.92 Å². The van der Waals surface area contributed by atoms with Gasteiger partial charge in [-0.25, -0.2) is 13.1 Å².